The van der Waals surface area contributed by atoms with E-state index in [9.17, 15) is 14.4 Å². The van der Waals surface area contributed by atoms with E-state index in [1.165, 1.54) is 11.8 Å². The summed E-state index contributed by atoms with van der Waals surface area (Å²) < 4.78 is 5.85. The van der Waals surface area contributed by atoms with Gasteiger partial charge in [-0.25, -0.2) is 4.98 Å². The van der Waals surface area contributed by atoms with Crippen molar-refractivity contribution in [3.8, 4) is 5.75 Å². The van der Waals surface area contributed by atoms with Gasteiger partial charge in [-0.2, -0.15) is 0 Å². The highest BCUT2D eigenvalue weighted by atomic mass is 79.9. The molecule has 1 aromatic carbocycles. The van der Waals surface area contributed by atoms with Crippen molar-refractivity contribution < 1.29 is 19.1 Å². The molecule has 128 valence electrons. The van der Waals surface area contributed by atoms with Crippen LogP contribution in [0.2, 0.25) is 0 Å². The van der Waals surface area contributed by atoms with Gasteiger partial charge >= 0.3 is 0 Å². The van der Waals surface area contributed by atoms with E-state index >= 15 is 0 Å². The van der Waals surface area contributed by atoms with E-state index in [-0.39, 0.29) is 24.8 Å². The number of pyridine rings is 1. The minimum Gasteiger partial charge on any atom is -0.480 e. The second-order valence-electron chi connectivity index (χ2n) is 5.41. The molecule has 2 aromatic rings. The summed E-state index contributed by atoms with van der Waals surface area (Å²) in [5.41, 5.74) is 0.983. The third-order valence-electron chi connectivity index (χ3n) is 3.57. The molecule has 2 amide bonds. The van der Waals surface area contributed by atoms with Crippen molar-refractivity contribution in [2.75, 3.05) is 23.4 Å². The molecule has 3 rings (SSSR count). The van der Waals surface area contributed by atoms with Crippen LogP contribution in [0.1, 0.15) is 17.3 Å². The quantitative estimate of drug-likeness (QED) is 0.625. The van der Waals surface area contributed by atoms with Crippen LogP contribution in [0.15, 0.2) is 41.0 Å². The first-order valence-electron chi connectivity index (χ1n) is 7.44. The monoisotopic (exact) mass is 403 g/mol. The fourth-order valence-corrected chi connectivity index (χ4v) is 2.68. The van der Waals surface area contributed by atoms with E-state index in [0.717, 1.165) is 0 Å². The topological polar surface area (TPSA) is 88.6 Å². The van der Waals surface area contributed by atoms with Crippen LogP contribution in [0.25, 0.3) is 0 Å². The number of hydrogen-bond acceptors (Lipinski definition) is 5. The van der Waals surface area contributed by atoms with Gasteiger partial charge in [0.2, 0.25) is 5.91 Å². The molecule has 8 heteroatoms. The van der Waals surface area contributed by atoms with E-state index in [2.05, 4.69) is 26.2 Å². The van der Waals surface area contributed by atoms with Crippen molar-refractivity contribution in [2.45, 2.75) is 6.92 Å². The Morgan fingerprint density at radius 3 is 2.88 bits per heavy atom. The molecular weight excluding hydrogens is 390 g/mol. The zero-order valence-electron chi connectivity index (χ0n) is 13.3. The molecule has 0 fully saturated rings. The highest BCUT2D eigenvalue weighted by molar-refractivity contribution is 9.10. The number of benzene rings is 1. The zero-order valence-corrected chi connectivity index (χ0v) is 14.9. The summed E-state index contributed by atoms with van der Waals surface area (Å²) in [6.45, 7) is 1.10. The number of Topliss-reactive ketones (excluding diaryl/α,β-unsaturated/α-hetero) is 1. The number of hydrogen-bond donors (Lipinski definition) is 1. The Labute approximate surface area is 152 Å². The summed E-state index contributed by atoms with van der Waals surface area (Å²) in [4.78, 5) is 41.4. The number of carbonyl (C=O) groups excluding carboxylic acids is 3. The summed E-state index contributed by atoms with van der Waals surface area (Å²) in [7, 11) is 0. The number of ether oxygens (including phenoxy) is 1. The maximum atomic E-state index is 12.3. The number of rotatable bonds is 4. The SMILES string of the molecule is CC(=O)c1cccc(NC(=O)CN2C(=O)COc3ccc(Br)nc32)c1. The van der Waals surface area contributed by atoms with Gasteiger partial charge in [0.1, 0.15) is 11.1 Å². The molecule has 0 aliphatic carbocycles. The molecule has 0 radical (unpaired) electrons. The number of halogens is 1. The number of anilines is 2. The van der Waals surface area contributed by atoms with Crippen LogP contribution in [0, 0.1) is 0 Å². The van der Waals surface area contributed by atoms with Crippen LogP contribution in [0.5, 0.6) is 5.75 Å². The van der Waals surface area contributed by atoms with Gasteiger partial charge in [-0.1, -0.05) is 12.1 Å². The molecule has 25 heavy (non-hydrogen) atoms. The van der Waals surface area contributed by atoms with Crippen LogP contribution < -0.4 is 15.0 Å². The average Bonchev–Trinajstić information content (AvgIpc) is 2.58. The third kappa shape index (κ3) is 3.85. The molecule has 0 saturated carbocycles. The number of ketones is 1. The van der Waals surface area contributed by atoms with E-state index in [1.54, 1.807) is 36.4 Å². The molecular formula is C17H14BrN3O4. The van der Waals surface area contributed by atoms with Gasteiger partial charge in [-0.05, 0) is 47.1 Å². The molecule has 0 saturated heterocycles. The van der Waals surface area contributed by atoms with Gasteiger partial charge in [-0.3, -0.25) is 19.3 Å². The molecule has 0 unspecified atom stereocenters. The van der Waals surface area contributed by atoms with Gasteiger partial charge in [0.05, 0.1) is 0 Å². The minimum atomic E-state index is -0.399. The number of amides is 2. The molecule has 2 heterocycles. The zero-order chi connectivity index (χ0) is 18.0. The van der Waals surface area contributed by atoms with Gasteiger partial charge in [-0.15, -0.1) is 0 Å². The lowest BCUT2D eigenvalue weighted by Crippen LogP contribution is -2.44. The van der Waals surface area contributed by atoms with Crippen molar-refractivity contribution >= 4 is 45.0 Å². The lowest BCUT2D eigenvalue weighted by atomic mass is 10.1. The number of fused-ring (bicyclic) bond motifs is 1. The summed E-state index contributed by atoms with van der Waals surface area (Å²) in [5, 5.41) is 2.69. The first-order chi connectivity index (χ1) is 11.9. The van der Waals surface area contributed by atoms with Crippen LogP contribution in [-0.4, -0.2) is 35.7 Å². The standard InChI is InChI=1S/C17H14BrN3O4/c1-10(22)11-3-2-4-12(7-11)19-15(23)8-21-16(24)9-25-13-5-6-14(18)20-17(13)21/h2-7H,8-9H2,1H3,(H,19,23). The van der Waals surface area contributed by atoms with Crippen molar-refractivity contribution in [1.29, 1.82) is 0 Å². The Bertz CT molecular complexity index is 869. The second-order valence-corrected chi connectivity index (χ2v) is 6.22. The highest BCUT2D eigenvalue weighted by Gasteiger charge is 2.29. The number of carbonyl (C=O) groups is 3. The Hall–Kier alpha value is -2.74. The molecule has 1 N–H and O–H groups in total. The van der Waals surface area contributed by atoms with Crippen molar-refractivity contribution in [1.82, 2.24) is 4.98 Å². The van der Waals surface area contributed by atoms with E-state index < -0.39 is 5.91 Å². The summed E-state index contributed by atoms with van der Waals surface area (Å²) in [6, 6.07) is 9.99. The van der Waals surface area contributed by atoms with E-state index in [4.69, 9.17) is 4.74 Å². The van der Waals surface area contributed by atoms with Crippen LogP contribution >= 0.6 is 15.9 Å². The number of nitrogens with zero attached hydrogens (tertiary/aromatic N) is 2. The third-order valence-corrected chi connectivity index (χ3v) is 4.01. The smallest absolute Gasteiger partial charge is 0.266 e. The predicted octanol–water partition coefficient (Wildman–Crippen LogP) is 2.41. The molecule has 7 nitrogen and oxygen atoms in total. The first-order valence-corrected chi connectivity index (χ1v) is 8.24. The lowest BCUT2D eigenvalue weighted by molar-refractivity contribution is -0.123. The normalized spacial score (nSPS) is 13.0. The second kappa shape index (κ2) is 7.02. The molecule has 1 aromatic heterocycles. The maximum absolute atomic E-state index is 12.3. The largest absolute Gasteiger partial charge is 0.480 e. The van der Waals surface area contributed by atoms with Gasteiger partial charge in [0.25, 0.3) is 5.91 Å². The van der Waals surface area contributed by atoms with Crippen LogP contribution in [0.3, 0.4) is 0 Å². The molecule has 0 bridgehead atoms. The van der Waals surface area contributed by atoms with Crippen molar-refractivity contribution in [2.24, 2.45) is 0 Å². The van der Waals surface area contributed by atoms with Crippen molar-refractivity contribution in [3.05, 3.63) is 46.6 Å². The Balaban J connectivity index is 1.77. The fraction of sp³-hybridized carbons (Fsp3) is 0.176. The number of aromatic nitrogens is 1. The first kappa shape index (κ1) is 17.1. The van der Waals surface area contributed by atoms with Crippen molar-refractivity contribution in [3.63, 3.8) is 0 Å². The van der Waals surface area contributed by atoms with E-state index in [0.29, 0.717) is 27.4 Å². The Morgan fingerprint density at radius 2 is 2.12 bits per heavy atom. The molecule has 1 aliphatic heterocycles. The fourth-order valence-electron chi connectivity index (χ4n) is 2.38. The average molecular weight is 404 g/mol. The van der Waals surface area contributed by atoms with Crippen LogP contribution in [-0.2, 0) is 9.59 Å². The summed E-state index contributed by atoms with van der Waals surface area (Å²) in [5.74, 6) is -0.121. The predicted molar refractivity (Wildman–Crippen MR) is 94.9 cm³/mol. The Kier molecular flexibility index (Phi) is 4.80. The lowest BCUT2D eigenvalue weighted by Gasteiger charge is -2.27. The minimum absolute atomic E-state index is 0.0950. The molecule has 0 spiro atoms. The van der Waals surface area contributed by atoms with E-state index in [1.807, 2.05) is 0 Å². The summed E-state index contributed by atoms with van der Waals surface area (Å²) >= 11 is 3.24. The van der Waals surface area contributed by atoms with Gasteiger partial charge < -0.3 is 10.1 Å². The Morgan fingerprint density at radius 1 is 1.32 bits per heavy atom. The van der Waals surface area contributed by atoms with Crippen LogP contribution in [0.4, 0.5) is 11.5 Å². The summed E-state index contributed by atoms with van der Waals surface area (Å²) in [6.07, 6.45) is 0. The van der Waals surface area contributed by atoms with Gasteiger partial charge in [0.15, 0.2) is 24.0 Å². The number of nitrogens with one attached hydrogen (secondary N) is 1. The highest BCUT2D eigenvalue weighted by Crippen LogP contribution is 2.31. The molecule has 0 atom stereocenters. The molecule has 1 aliphatic rings. The van der Waals surface area contributed by atoms with Gasteiger partial charge in [0, 0.05) is 11.3 Å². The maximum Gasteiger partial charge on any atom is 0.266 e.